The SMILES string of the molecule is NC(=O)c1cc(Nc2ccc(Cl)cc2)ccc1N. The van der Waals surface area contributed by atoms with Crippen LogP contribution in [-0.2, 0) is 0 Å². The third-order valence-corrected chi connectivity index (χ3v) is 2.70. The molecule has 0 bridgehead atoms. The van der Waals surface area contributed by atoms with Crippen molar-refractivity contribution < 1.29 is 4.79 Å². The number of hydrogen-bond acceptors (Lipinski definition) is 3. The highest BCUT2D eigenvalue weighted by atomic mass is 35.5. The Morgan fingerprint density at radius 3 is 2.28 bits per heavy atom. The molecule has 0 saturated heterocycles. The Labute approximate surface area is 110 Å². The van der Waals surface area contributed by atoms with E-state index >= 15 is 0 Å². The standard InChI is InChI=1S/C13H12ClN3O/c14-8-1-3-9(4-2-8)17-10-5-6-12(15)11(7-10)13(16)18/h1-7,17H,15H2,(H2,16,18). The van der Waals surface area contributed by atoms with E-state index in [1.807, 2.05) is 12.1 Å². The highest BCUT2D eigenvalue weighted by molar-refractivity contribution is 6.30. The zero-order valence-corrected chi connectivity index (χ0v) is 10.2. The van der Waals surface area contributed by atoms with Crippen LogP contribution < -0.4 is 16.8 Å². The number of halogens is 1. The van der Waals surface area contributed by atoms with Crippen molar-refractivity contribution in [3.8, 4) is 0 Å². The minimum Gasteiger partial charge on any atom is -0.398 e. The molecule has 0 unspecified atom stereocenters. The monoisotopic (exact) mass is 261 g/mol. The number of nitrogen functional groups attached to an aromatic ring is 1. The van der Waals surface area contributed by atoms with E-state index in [4.69, 9.17) is 23.1 Å². The minimum atomic E-state index is -0.549. The minimum absolute atomic E-state index is 0.300. The maximum absolute atomic E-state index is 11.2. The number of nitrogens with one attached hydrogen (secondary N) is 1. The molecule has 0 heterocycles. The van der Waals surface area contributed by atoms with Crippen molar-refractivity contribution >= 4 is 34.6 Å². The van der Waals surface area contributed by atoms with Crippen LogP contribution in [0.3, 0.4) is 0 Å². The Bertz CT molecular complexity index is 581. The lowest BCUT2D eigenvalue weighted by Gasteiger charge is -2.09. The topological polar surface area (TPSA) is 81.1 Å². The van der Waals surface area contributed by atoms with Crippen LogP contribution in [0.2, 0.25) is 5.02 Å². The van der Waals surface area contributed by atoms with Gasteiger partial charge >= 0.3 is 0 Å². The predicted molar refractivity (Wildman–Crippen MR) is 74.1 cm³/mol. The summed E-state index contributed by atoms with van der Waals surface area (Å²) in [7, 11) is 0. The number of amides is 1. The van der Waals surface area contributed by atoms with E-state index in [9.17, 15) is 4.79 Å². The first-order valence-electron chi connectivity index (χ1n) is 5.28. The first kappa shape index (κ1) is 12.3. The summed E-state index contributed by atoms with van der Waals surface area (Å²) in [4.78, 5) is 11.2. The first-order chi connectivity index (χ1) is 8.56. The second-order valence-electron chi connectivity index (χ2n) is 3.80. The maximum Gasteiger partial charge on any atom is 0.250 e. The van der Waals surface area contributed by atoms with E-state index in [-0.39, 0.29) is 0 Å². The summed E-state index contributed by atoms with van der Waals surface area (Å²) < 4.78 is 0. The summed E-state index contributed by atoms with van der Waals surface area (Å²) in [6.07, 6.45) is 0. The molecule has 18 heavy (non-hydrogen) atoms. The molecule has 92 valence electrons. The van der Waals surface area contributed by atoms with Crippen LogP contribution in [0.15, 0.2) is 42.5 Å². The number of benzene rings is 2. The molecule has 2 aromatic rings. The van der Waals surface area contributed by atoms with Gasteiger partial charge in [0.15, 0.2) is 0 Å². The number of nitrogens with two attached hydrogens (primary N) is 2. The van der Waals surface area contributed by atoms with Gasteiger partial charge in [-0.25, -0.2) is 0 Å². The van der Waals surface area contributed by atoms with E-state index in [0.717, 1.165) is 11.4 Å². The molecule has 2 rings (SSSR count). The highest BCUT2D eigenvalue weighted by Crippen LogP contribution is 2.22. The summed E-state index contributed by atoms with van der Waals surface area (Å²) >= 11 is 5.80. The molecule has 0 radical (unpaired) electrons. The molecule has 0 aliphatic rings. The molecule has 0 fully saturated rings. The molecule has 5 N–H and O–H groups in total. The van der Waals surface area contributed by atoms with E-state index in [1.54, 1.807) is 30.3 Å². The van der Waals surface area contributed by atoms with Gasteiger partial charge in [0.2, 0.25) is 0 Å². The molecular weight excluding hydrogens is 250 g/mol. The van der Waals surface area contributed by atoms with Crippen LogP contribution >= 0.6 is 11.6 Å². The largest absolute Gasteiger partial charge is 0.398 e. The molecule has 0 spiro atoms. The Morgan fingerprint density at radius 1 is 1.06 bits per heavy atom. The van der Waals surface area contributed by atoms with E-state index in [2.05, 4.69) is 5.32 Å². The van der Waals surface area contributed by atoms with E-state index in [0.29, 0.717) is 16.3 Å². The van der Waals surface area contributed by atoms with Crippen LogP contribution in [0.1, 0.15) is 10.4 Å². The van der Waals surface area contributed by atoms with Gasteiger partial charge in [-0.2, -0.15) is 0 Å². The van der Waals surface area contributed by atoms with Gasteiger partial charge < -0.3 is 16.8 Å². The molecule has 2 aromatic carbocycles. The molecule has 4 nitrogen and oxygen atoms in total. The fourth-order valence-corrected chi connectivity index (χ4v) is 1.67. The molecule has 0 aliphatic carbocycles. The summed E-state index contributed by atoms with van der Waals surface area (Å²) in [5.41, 5.74) is 13.2. The third kappa shape index (κ3) is 2.73. The van der Waals surface area contributed by atoms with E-state index < -0.39 is 5.91 Å². The van der Waals surface area contributed by atoms with Crippen molar-refractivity contribution in [1.29, 1.82) is 0 Å². The van der Waals surface area contributed by atoms with Crippen molar-refractivity contribution in [1.82, 2.24) is 0 Å². The van der Waals surface area contributed by atoms with Crippen molar-refractivity contribution in [2.75, 3.05) is 11.1 Å². The average Bonchev–Trinajstić information content (AvgIpc) is 2.34. The van der Waals surface area contributed by atoms with Crippen LogP contribution in [-0.4, -0.2) is 5.91 Å². The number of rotatable bonds is 3. The number of carbonyl (C=O) groups is 1. The summed E-state index contributed by atoms with van der Waals surface area (Å²) in [5, 5.41) is 3.79. The van der Waals surface area contributed by atoms with Gasteiger partial charge in [-0.15, -0.1) is 0 Å². The molecule has 0 aliphatic heterocycles. The number of carbonyl (C=O) groups excluding carboxylic acids is 1. The third-order valence-electron chi connectivity index (χ3n) is 2.45. The van der Waals surface area contributed by atoms with Gasteiger partial charge in [-0.1, -0.05) is 11.6 Å². The number of primary amides is 1. The highest BCUT2D eigenvalue weighted by Gasteiger charge is 2.06. The van der Waals surface area contributed by atoms with Gasteiger partial charge in [0, 0.05) is 22.1 Å². The fraction of sp³-hybridized carbons (Fsp3) is 0. The van der Waals surface area contributed by atoms with Crippen molar-refractivity contribution in [2.24, 2.45) is 5.73 Å². The van der Waals surface area contributed by atoms with Gasteiger partial charge in [-0.05, 0) is 42.5 Å². The van der Waals surface area contributed by atoms with Crippen LogP contribution in [0.25, 0.3) is 0 Å². The Balaban J connectivity index is 2.27. The molecule has 0 atom stereocenters. The fourth-order valence-electron chi connectivity index (χ4n) is 1.55. The summed E-state index contributed by atoms with van der Waals surface area (Å²) in [5.74, 6) is -0.549. The van der Waals surface area contributed by atoms with Crippen molar-refractivity contribution in [3.05, 3.63) is 53.1 Å². The van der Waals surface area contributed by atoms with Crippen LogP contribution in [0, 0.1) is 0 Å². The molecule has 1 amide bonds. The van der Waals surface area contributed by atoms with Gasteiger partial charge in [-0.3, -0.25) is 4.79 Å². The van der Waals surface area contributed by atoms with Crippen LogP contribution in [0.5, 0.6) is 0 Å². The van der Waals surface area contributed by atoms with Crippen molar-refractivity contribution in [2.45, 2.75) is 0 Å². The van der Waals surface area contributed by atoms with Crippen LogP contribution in [0.4, 0.5) is 17.1 Å². The predicted octanol–water partition coefficient (Wildman–Crippen LogP) is 2.76. The normalized spacial score (nSPS) is 10.1. The molecule has 0 aromatic heterocycles. The second kappa shape index (κ2) is 4.98. The zero-order valence-electron chi connectivity index (χ0n) is 9.48. The Hall–Kier alpha value is -2.20. The zero-order chi connectivity index (χ0) is 13.1. The number of hydrogen-bond donors (Lipinski definition) is 3. The first-order valence-corrected chi connectivity index (χ1v) is 5.66. The maximum atomic E-state index is 11.2. The van der Waals surface area contributed by atoms with Gasteiger partial charge in [0.05, 0.1) is 5.56 Å². The average molecular weight is 262 g/mol. The Kier molecular flexibility index (Phi) is 3.39. The Morgan fingerprint density at radius 2 is 1.67 bits per heavy atom. The van der Waals surface area contributed by atoms with E-state index in [1.165, 1.54) is 0 Å². The smallest absolute Gasteiger partial charge is 0.250 e. The number of anilines is 3. The lowest BCUT2D eigenvalue weighted by molar-refractivity contribution is 0.100. The molecule has 5 heteroatoms. The lowest BCUT2D eigenvalue weighted by atomic mass is 10.1. The quantitative estimate of drug-likeness (QED) is 0.743. The summed E-state index contributed by atoms with van der Waals surface area (Å²) in [6, 6.07) is 12.2. The van der Waals surface area contributed by atoms with Gasteiger partial charge in [0.1, 0.15) is 0 Å². The summed E-state index contributed by atoms with van der Waals surface area (Å²) in [6.45, 7) is 0. The molecular formula is C13H12ClN3O. The second-order valence-corrected chi connectivity index (χ2v) is 4.23. The molecule has 0 saturated carbocycles. The van der Waals surface area contributed by atoms with Gasteiger partial charge in [0.25, 0.3) is 5.91 Å². The lowest BCUT2D eigenvalue weighted by Crippen LogP contribution is -2.13. The van der Waals surface area contributed by atoms with Crippen molar-refractivity contribution in [3.63, 3.8) is 0 Å².